The van der Waals surface area contributed by atoms with Gasteiger partial charge in [0.1, 0.15) is 0 Å². The molecular formula is C16H18ClNO3S. The summed E-state index contributed by atoms with van der Waals surface area (Å²) in [6.07, 6.45) is 0. The fourth-order valence-electron chi connectivity index (χ4n) is 2.22. The predicted molar refractivity (Wildman–Crippen MR) is 90.4 cm³/mol. The van der Waals surface area contributed by atoms with Gasteiger partial charge in [0.2, 0.25) is 5.91 Å². The maximum absolute atomic E-state index is 12.2. The van der Waals surface area contributed by atoms with Gasteiger partial charge in [-0.25, -0.2) is 0 Å². The van der Waals surface area contributed by atoms with Crippen LogP contribution in [0.2, 0.25) is 5.02 Å². The van der Waals surface area contributed by atoms with Gasteiger partial charge < -0.3 is 15.1 Å². The van der Waals surface area contributed by atoms with Crippen molar-refractivity contribution in [2.75, 3.05) is 32.1 Å². The van der Waals surface area contributed by atoms with E-state index in [4.69, 9.17) is 21.8 Å². The molecule has 0 aliphatic rings. The van der Waals surface area contributed by atoms with Crippen LogP contribution in [-0.4, -0.2) is 53.1 Å². The van der Waals surface area contributed by atoms with Gasteiger partial charge in [-0.15, -0.1) is 11.8 Å². The average Bonchev–Trinajstić information content (AvgIpc) is 2.52. The number of nitrogens with zero attached hydrogens (tertiary/aromatic N) is 1. The Morgan fingerprint density at radius 2 is 1.73 bits per heavy atom. The molecule has 6 heteroatoms. The van der Waals surface area contributed by atoms with Crippen LogP contribution < -0.4 is 0 Å². The Morgan fingerprint density at radius 1 is 1.09 bits per heavy atom. The largest absolute Gasteiger partial charge is 0.395 e. The minimum Gasteiger partial charge on any atom is -0.395 e. The van der Waals surface area contributed by atoms with E-state index in [0.717, 1.165) is 15.7 Å². The zero-order chi connectivity index (χ0) is 15.9. The molecule has 0 bridgehead atoms. The standard InChI is InChI=1S/C16H18ClNO3S/c17-13-5-1-3-12-4-2-6-14(16(12)13)22-11-15(21)18(7-9-19)8-10-20/h1-6,19-20H,7-11H2. The number of aliphatic hydroxyl groups is 2. The minimum absolute atomic E-state index is 0.114. The van der Waals surface area contributed by atoms with Crippen LogP contribution in [0.25, 0.3) is 10.8 Å². The number of benzene rings is 2. The van der Waals surface area contributed by atoms with Gasteiger partial charge in [-0.1, -0.05) is 35.9 Å². The lowest BCUT2D eigenvalue weighted by atomic mass is 10.1. The highest BCUT2D eigenvalue weighted by atomic mass is 35.5. The quantitative estimate of drug-likeness (QED) is 0.760. The Morgan fingerprint density at radius 3 is 2.36 bits per heavy atom. The number of thioether (sulfide) groups is 1. The van der Waals surface area contributed by atoms with Gasteiger partial charge in [0.25, 0.3) is 0 Å². The van der Waals surface area contributed by atoms with Crippen LogP contribution in [0.5, 0.6) is 0 Å². The normalized spacial score (nSPS) is 10.9. The Hall–Kier alpha value is -1.27. The molecule has 22 heavy (non-hydrogen) atoms. The van der Waals surface area contributed by atoms with Crippen molar-refractivity contribution in [1.82, 2.24) is 4.90 Å². The van der Waals surface area contributed by atoms with Gasteiger partial charge in [0.15, 0.2) is 0 Å². The molecule has 0 spiro atoms. The first-order chi connectivity index (χ1) is 10.7. The lowest BCUT2D eigenvalue weighted by Gasteiger charge is -2.20. The molecule has 118 valence electrons. The molecule has 0 radical (unpaired) electrons. The summed E-state index contributed by atoms with van der Waals surface area (Å²) in [5, 5.41) is 20.6. The molecule has 0 aromatic heterocycles. The number of carbonyl (C=O) groups is 1. The SMILES string of the molecule is O=C(CSc1cccc2cccc(Cl)c12)N(CCO)CCO. The monoisotopic (exact) mass is 339 g/mol. The molecule has 0 fully saturated rings. The first-order valence-electron chi connectivity index (χ1n) is 6.97. The van der Waals surface area contributed by atoms with Crippen LogP contribution in [-0.2, 0) is 4.79 Å². The van der Waals surface area contributed by atoms with Crippen molar-refractivity contribution in [3.8, 4) is 0 Å². The van der Waals surface area contributed by atoms with Gasteiger partial charge in [-0.2, -0.15) is 0 Å². The maximum atomic E-state index is 12.2. The molecule has 2 N–H and O–H groups in total. The van der Waals surface area contributed by atoms with Gasteiger partial charge in [0.05, 0.1) is 19.0 Å². The first kappa shape index (κ1) is 17.1. The van der Waals surface area contributed by atoms with E-state index in [-0.39, 0.29) is 38.0 Å². The van der Waals surface area contributed by atoms with Crippen molar-refractivity contribution in [3.05, 3.63) is 41.4 Å². The van der Waals surface area contributed by atoms with Crippen molar-refractivity contribution in [3.63, 3.8) is 0 Å². The molecule has 2 aromatic carbocycles. The van der Waals surface area contributed by atoms with Gasteiger partial charge >= 0.3 is 0 Å². The molecule has 0 unspecified atom stereocenters. The molecule has 4 nitrogen and oxygen atoms in total. The fraction of sp³-hybridized carbons (Fsp3) is 0.312. The molecule has 2 aromatic rings. The second-order valence-corrected chi connectivity index (χ2v) is 6.14. The summed E-state index contributed by atoms with van der Waals surface area (Å²) < 4.78 is 0. The topological polar surface area (TPSA) is 60.8 Å². The zero-order valence-electron chi connectivity index (χ0n) is 12.0. The second kappa shape index (κ2) is 8.39. The number of carbonyl (C=O) groups excluding carboxylic acids is 1. The molecule has 0 heterocycles. The molecule has 0 atom stereocenters. The van der Waals surface area contributed by atoms with Crippen LogP contribution in [0.4, 0.5) is 0 Å². The highest BCUT2D eigenvalue weighted by molar-refractivity contribution is 8.00. The van der Waals surface area contributed by atoms with Crippen LogP contribution in [0.15, 0.2) is 41.3 Å². The van der Waals surface area contributed by atoms with Gasteiger partial charge in [-0.05, 0) is 17.5 Å². The Balaban J connectivity index is 2.13. The summed E-state index contributed by atoms with van der Waals surface area (Å²) in [5.41, 5.74) is 0. The summed E-state index contributed by atoms with van der Waals surface area (Å²) in [4.78, 5) is 14.6. The fourth-order valence-corrected chi connectivity index (χ4v) is 3.56. The molecule has 0 saturated carbocycles. The number of fused-ring (bicyclic) bond motifs is 1. The third kappa shape index (κ3) is 4.14. The molecular weight excluding hydrogens is 322 g/mol. The van der Waals surface area contributed by atoms with E-state index in [1.165, 1.54) is 16.7 Å². The molecule has 0 saturated heterocycles. The highest BCUT2D eigenvalue weighted by Gasteiger charge is 2.14. The van der Waals surface area contributed by atoms with E-state index in [0.29, 0.717) is 5.02 Å². The minimum atomic E-state index is -0.115. The van der Waals surface area contributed by atoms with Crippen molar-refractivity contribution in [2.45, 2.75) is 4.90 Å². The van der Waals surface area contributed by atoms with Crippen LogP contribution in [0, 0.1) is 0 Å². The number of hydrogen-bond acceptors (Lipinski definition) is 4. The van der Waals surface area contributed by atoms with Crippen molar-refractivity contribution < 1.29 is 15.0 Å². The summed E-state index contributed by atoms with van der Waals surface area (Å²) >= 11 is 7.68. The average molecular weight is 340 g/mol. The number of halogens is 1. The second-order valence-electron chi connectivity index (χ2n) is 4.71. The number of aliphatic hydroxyl groups excluding tert-OH is 2. The molecule has 0 aliphatic heterocycles. The zero-order valence-corrected chi connectivity index (χ0v) is 13.6. The Labute approximate surface area is 138 Å². The number of hydrogen-bond donors (Lipinski definition) is 2. The summed E-state index contributed by atoms with van der Waals surface area (Å²) in [6, 6.07) is 11.6. The van der Waals surface area contributed by atoms with E-state index in [1.54, 1.807) is 0 Å². The summed E-state index contributed by atoms with van der Waals surface area (Å²) in [7, 11) is 0. The van der Waals surface area contributed by atoms with Crippen LogP contribution in [0.1, 0.15) is 0 Å². The first-order valence-corrected chi connectivity index (χ1v) is 8.33. The van der Waals surface area contributed by atoms with Crippen LogP contribution in [0.3, 0.4) is 0 Å². The van der Waals surface area contributed by atoms with E-state index in [9.17, 15) is 4.79 Å². The van der Waals surface area contributed by atoms with Crippen molar-refractivity contribution >= 4 is 40.0 Å². The maximum Gasteiger partial charge on any atom is 0.233 e. The van der Waals surface area contributed by atoms with E-state index < -0.39 is 0 Å². The lowest BCUT2D eigenvalue weighted by Crippen LogP contribution is -2.37. The van der Waals surface area contributed by atoms with Crippen molar-refractivity contribution in [1.29, 1.82) is 0 Å². The predicted octanol–water partition coefficient (Wildman–Crippen LogP) is 2.40. The van der Waals surface area contributed by atoms with E-state index in [2.05, 4.69) is 0 Å². The summed E-state index contributed by atoms with van der Waals surface area (Å²) in [6.45, 7) is 0.236. The van der Waals surface area contributed by atoms with E-state index in [1.807, 2.05) is 36.4 Å². The Kier molecular flexibility index (Phi) is 6.51. The van der Waals surface area contributed by atoms with E-state index >= 15 is 0 Å². The third-order valence-electron chi connectivity index (χ3n) is 3.26. The Bertz CT molecular complexity index is 639. The molecule has 2 rings (SSSR count). The van der Waals surface area contributed by atoms with Crippen molar-refractivity contribution in [2.24, 2.45) is 0 Å². The third-order valence-corrected chi connectivity index (χ3v) is 4.62. The molecule has 0 aliphatic carbocycles. The summed E-state index contributed by atoms with van der Waals surface area (Å²) in [5.74, 6) is 0.127. The van der Waals surface area contributed by atoms with Gasteiger partial charge in [-0.3, -0.25) is 4.79 Å². The highest BCUT2D eigenvalue weighted by Crippen LogP contribution is 2.33. The number of rotatable bonds is 7. The van der Waals surface area contributed by atoms with Gasteiger partial charge in [0, 0.05) is 28.4 Å². The molecule has 1 amide bonds. The number of amides is 1. The lowest BCUT2D eigenvalue weighted by molar-refractivity contribution is -0.129. The smallest absolute Gasteiger partial charge is 0.233 e. The van der Waals surface area contributed by atoms with Crippen LogP contribution >= 0.6 is 23.4 Å².